The fourth-order valence-electron chi connectivity index (χ4n) is 5.48. The molecule has 0 aromatic carbocycles. The molecule has 0 bridgehead atoms. The van der Waals surface area contributed by atoms with Crippen molar-refractivity contribution in [3.63, 3.8) is 0 Å². The maximum Gasteiger partial charge on any atom is 0.448 e. The molecule has 10 heterocycles. The molecule has 0 aliphatic carbocycles. The van der Waals surface area contributed by atoms with Crippen molar-refractivity contribution in [2.75, 3.05) is 4.93 Å². The molecule has 10 rings (SSSR count). The van der Waals surface area contributed by atoms with Crippen LogP contribution in [0.3, 0.4) is 0 Å². The van der Waals surface area contributed by atoms with Crippen LogP contribution in [-0.2, 0) is 62.2 Å². The van der Waals surface area contributed by atoms with Crippen LogP contribution in [0, 0.1) is 6.92 Å². The van der Waals surface area contributed by atoms with Gasteiger partial charge >= 0.3 is 7.12 Å². The van der Waals surface area contributed by atoms with Crippen LogP contribution < -0.4 is 0 Å². The highest BCUT2D eigenvalue weighted by molar-refractivity contribution is 14.1. The zero-order chi connectivity index (χ0) is 67.0. The molecule has 2 N–H and O–H groups in total. The molecule has 0 spiro atoms. The molecule has 0 saturated heterocycles. The van der Waals surface area contributed by atoms with Gasteiger partial charge in [0, 0.05) is 181 Å². The number of hydrogen-bond donors (Lipinski definition) is 2. The number of carbonyl (C=O) groups is 1. The lowest BCUT2D eigenvalue weighted by molar-refractivity contribution is 0.111. The normalized spacial score (nSPS) is 10.9. The summed E-state index contributed by atoms with van der Waals surface area (Å²) in [5.41, 5.74) is 1.12. The second-order valence-electron chi connectivity index (χ2n) is 16.8. The summed E-state index contributed by atoms with van der Waals surface area (Å²) in [5, 5.41) is 15.2. The van der Waals surface area contributed by atoms with Crippen LogP contribution in [0.25, 0.3) is 6.08 Å². The number of imidazole rings is 7. The first-order valence-corrected chi connectivity index (χ1v) is 39.2. The van der Waals surface area contributed by atoms with E-state index in [1.54, 1.807) is 55.4 Å². The lowest BCUT2D eigenvalue weighted by Crippen LogP contribution is -2.00. The summed E-state index contributed by atoms with van der Waals surface area (Å²) in [5.74, 6) is 3.74. The standard InChI is InChI=1S/C8H14N2.C7H11BrN2.C7H9BrN2.C5H5BrN2O.C4H2Br3N.3C4H5BrN2.C4H4BrN.C4H5N.CH5BO2.CH3I.4CH4.Br2/c1-4-5-8-9-7(2)6-10(8)3;2*1-3-4-7-9-6(8)5-10(7)2;1-8-2-4(6)7-5(8)3-9;5-2-1-3(6)8-4(2)7;2*1-7-2-4(5)6-3-7;1-7-3-6-2-4(7)5;5-4-1-2-6-3-4;1-2-4-5-3-1;1-2(3)4;1-2;;;;;1-2/h6H,4-5H2,1-3H3;5H,3-4H2,1-2H3;3-5H,1-2H3;2-3H,1H3;1H2;3*2-3H,1H3;2-3H,1H2;1,3-4H,2H2;3-4H,1H3;1H3;4*1H4;. The molecule has 0 unspecified atom stereocenters. The van der Waals surface area contributed by atoms with E-state index in [1.807, 2.05) is 139 Å². The summed E-state index contributed by atoms with van der Waals surface area (Å²) in [6, 6.07) is 0. The Kier molecular flexibility index (Phi) is 73.1. The summed E-state index contributed by atoms with van der Waals surface area (Å²) in [6.07, 6.45) is 39.8. The maximum atomic E-state index is 10.1. The Morgan fingerprint density at radius 3 is 1.26 bits per heavy atom. The van der Waals surface area contributed by atoms with Crippen LogP contribution in [0.2, 0.25) is 6.82 Å². The average Bonchev–Trinajstić information content (AvgIpc) is 2.50. The number of aromatic nitrogens is 14. The molecule has 514 valence electrons. The largest absolute Gasteiger partial charge is 0.448 e. The Morgan fingerprint density at radius 1 is 0.615 bits per heavy atom. The van der Waals surface area contributed by atoms with E-state index in [0.717, 1.165) is 92.6 Å². The quantitative estimate of drug-likeness (QED) is 0.0527. The van der Waals surface area contributed by atoms with E-state index >= 15 is 0 Å². The topological polar surface area (TPSA) is 219 Å². The van der Waals surface area contributed by atoms with Crippen LogP contribution in [0.5, 0.6) is 0 Å². The highest BCUT2D eigenvalue weighted by Gasteiger charge is 2.10. The first-order valence-electron chi connectivity index (χ1n) is 25.3. The monoisotopic (exact) mass is 2140 g/mol. The Hall–Kier alpha value is -1.42. The van der Waals surface area contributed by atoms with Crippen LogP contribution in [0.1, 0.15) is 116 Å². The first-order chi connectivity index (χ1) is 41.1. The number of aryl methyl sites for hydroxylation is 10. The molecule has 0 radical (unpaired) electrons. The Labute approximate surface area is 655 Å². The molecule has 3 aliphatic rings. The molecule has 34 heteroatoms. The van der Waals surface area contributed by atoms with Gasteiger partial charge in [0.1, 0.15) is 49.7 Å². The van der Waals surface area contributed by atoms with Crippen molar-refractivity contribution in [3.8, 4) is 0 Å². The Morgan fingerprint density at radius 2 is 1.08 bits per heavy atom. The van der Waals surface area contributed by atoms with E-state index in [2.05, 4.69) is 285 Å². The molecule has 0 fully saturated rings. The predicted molar refractivity (Wildman–Crippen MR) is 440 cm³/mol. The molecule has 0 atom stereocenters. The van der Waals surface area contributed by atoms with Gasteiger partial charge in [0.2, 0.25) is 0 Å². The van der Waals surface area contributed by atoms with Crippen molar-refractivity contribution in [1.82, 2.24) is 66.9 Å². The number of halogens is 13. The number of nitrogens with zero attached hydrogens (tertiary/aromatic N) is 17. The van der Waals surface area contributed by atoms with E-state index < -0.39 is 7.12 Å². The molecule has 0 amide bonds. The van der Waals surface area contributed by atoms with Gasteiger partial charge < -0.3 is 42.0 Å². The summed E-state index contributed by atoms with van der Waals surface area (Å²) < 4.78 is 22.8. The van der Waals surface area contributed by atoms with Gasteiger partial charge in [-0.3, -0.25) is 14.8 Å². The maximum absolute atomic E-state index is 10.1. The van der Waals surface area contributed by atoms with Crippen LogP contribution in [-0.4, -0.2) is 112 Å². The third-order valence-corrected chi connectivity index (χ3v) is 14.7. The second-order valence-corrected chi connectivity index (χ2v) is 25.3. The van der Waals surface area contributed by atoms with E-state index in [0.29, 0.717) is 16.7 Å². The molecule has 7 aromatic heterocycles. The summed E-state index contributed by atoms with van der Waals surface area (Å²) in [7, 11) is 12.4. The lowest BCUT2D eigenvalue weighted by Gasteiger charge is -1.95. The number of alkyl halides is 1. The van der Waals surface area contributed by atoms with Gasteiger partial charge in [-0.05, 0) is 172 Å². The van der Waals surface area contributed by atoms with Gasteiger partial charge in [-0.1, -0.05) is 110 Å². The number of allylic oxidation sites excluding steroid dienone is 4. The van der Waals surface area contributed by atoms with Crippen LogP contribution in [0.15, 0.2) is 143 Å². The Bertz CT molecular complexity index is 3010. The molecular weight excluding hydrogens is 2070 g/mol. The third-order valence-electron chi connectivity index (χ3n) is 9.16. The van der Waals surface area contributed by atoms with Crippen molar-refractivity contribution in [1.29, 1.82) is 0 Å². The minimum absolute atomic E-state index is 0. The highest BCUT2D eigenvalue weighted by atomic mass is 127. The van der Waals surface area contributed by atoms with Gasteiger partial charge in [0.25, 0.3) is 0 Å². The number of rotatable bonds is 6. The van der Waals surface area contributed by atoms with E-state index in [9.17, 15) is 4.79 Å². The smallest absolute Gasteiger partial charge is 0.427 e. The minimum atomic E-state index is -1.17. The first kappa shape index (κ1) is 103. The summed E-state index contributed by atoms with van der Waals surface area (Å²) in [6.45, 7) is 9.61. The fourth-order valence-corrected chi connectivity index (χ4v) is 10.1. The molecule has 91 heavy (non-hydrogen) atoms. The van der Waals surface area contributed by atoms with Crippen molar-refractivity contribution in [2.45, 2.75) is 109 Å². The van der Waals surface area contributed by atoms with Crippen LogP contribution >= 0.6 is 210 Å². The molecule has 20 nitrogen and oxygen atoms in total. The van der Waals surface area contributed by atoms with Crippen LogP contribution in [0.4, 0.5) is 0 Å². The second kappa shape index (κ2) is 64.6. The van der Waals surface area contributed by atoms with E-state index in [4.69, 9.17) is 10.0 Å². The SMILES string of the molecule is BrBr.BrC1=CN=CC1.BrC1=NC(Br)=C(Br)C1.C.C.C.C.C1=CN=CC1.CB(O)O.CC=Cc1nc(Br)cn1C.CCCc1nc(Br)cn1C.CCCc1nc(C)cn1C.CI.Cn1cc(Br)nc1C=O.Cn1cnc(Br)c1.Cn1cnc(Br)c1.Cn1cncc1Br. The summed E-state index contributed by atoms with van der Waals surface area (Å²) in [4.78, 5) is 52.1. The van der Waals surface area contributed by atoms with Gasteiger partial charge in [-0.25, -0.2) is 39.9 Å². The molecule has 7 aromatic rings. The third kappa shape index (κ3) is 55.3. The van der Waals surface area contributed by atoms with Crippen molar-refractivity contribution in [2.24, 2.45) is 64.3 Å². The molecule has 3 aliphatic heterocycles. The zero-order valence-electron chi connectivity index (χ0n) is 50.2. The van der Waals surface area contributed by atoms with E-state index in [1.165, 1.54) is 23.6 Å². The number of hydrogen-bond acceptors (Lipinski definition) is 13. The molecular formula is C57H89BBr12IN17O3. The number of aliphatic imine (C=N–C) groups is 3. The number of carbonyl (C=O) groups excluding carboxylic acids is 1. The number of aldehydes is 1. The van der Waals surface area contributed by atoms with Crippen molar-refractivity contribution in [3.05, 3.63) is 157 Å². The van der Waals surface area contributed by atoms with E-state index in [-0.39, 0.29) is 29.7 Å². The average molecular weight is 2160 g/mol. The molecule has 0 saturated carbocycles. The van der Waals surface area contributed by atoms with Gasteiger partial charge in [0.05, 0.1) is 35.5 Å². The van der Waals surface area contributed by atoms with Gasteiger partial charge in [-0.15, -0.1) is 0 Å². The van der Waals surface area contributed by atoms with Crippen molar-refractivity contribution >= 4 is 247 Å². The zero-order valence-corrected chi connectivity index (χ0v) is 71.4. The van der Waals surface area contributed by atoms with Gasteiger partial charge in [-0.2, -0.15) is 0 Å². The summed E-state index contributed by atoms with van der Waals surface area (Å²) >= 11 is 40.2. The Balaban J connectivity index is -0.000000170. The minimum Gasteiger partial charge on any atom is -0.427 e. The van der Waals surface area contributed by atoms with Gasteiger partial charge in [0.15, 0.2) is 12.1 Å². The lowest BCUT2D eigenvalue weighted by atomic mass is 9.99. The highest BCUT2D eigenvalue weighted by Crippen LogP contribution is 2.30. The van der Waals surface area contributed by atoms with Crippen molar-refractivity contribution < 1.29 is 14.8 Å². The predicted octanol–water partition coefficient (Wildman–Crippen LogP) is 20.8. The fraction of sp³-hybridized carbons (Fsp3) is 0.421.